The van der Waals surface area contributed by atoms with E-state index >= 15 is 0 Å². The molecule has 1 aromatic heterocycles. The molecule has 3 rings (SSSR count). The first-order chi connectivity index (χ1) is 12.2. The number of hydrogen-bond donors (Lipinski definition) is 1. The first kappa shape index (κ1) is 18.0. The summed E-state index contributed by atoms with van der Waals surface area (Å²) in [5.74, 6) is 1.45. The van der Waals surface area contributed by atoms with Crippen LogP contribution in [0.5, 0.6) is 5.75 Å². The highest BCUT2D eigenvalue weighted by Gasteiger charge is 2.24. The predicted molar refractivity (Wildman–Crippen MR) is 99.5 cm³/mol. The average Bonchev–Trinajstić information content (AvgIpc) is 3.17. The Kier molecular flexibility index (Phi) is 6.53. The molecule has 0 aliphatic carbocycles. The lowest BCUT2D eigenvalue weighted by Gasteiger charge is -2.33. The lowest BCUT2D eigenvalue weighted by atomic mass is 10.1. The van der Waals surface area contributed by atoms with Gasteiger partial charge in [-0.3, -0.25) is 9.69 Å². The lowest BCUT2D eigenvalue weighted by molar-refractivity contribution is -0.123. The smallest absolute Gasteiger partial charge is 0.258 e. The van der Waals surface area contributed by atoms with Gasteiger partial charge in [0.15, 0.2) is 6.61 Å². The highest BCUT2D eigenvalue weighted by atomic mass is 79.9. The van der Waals surface area contributed by atoms with Crippen LogP contribution in [0.2, 0.25) is 0 Å². The molecule has 134 valence electrons. The standard InChI is InChI=1S/C19H23BrN2O3/c20-15-6-8-16(9-7-15)25-14-19(23)21-13-17(18-5-4-12-24-18)22-10-2-1-3-11-22/h4-9,12,17H,1-3,10-11,13-14H2,(H,21,23). The summed E-state index contributed by atoms with van der Waals surface area (Å²) in [6.07, 6.45) is 5.34. The minimum absolute atomic E-state index is 0.00646. The maximum absolute atomic E-state index is 12.1. The van der Waals surface area contributed by atoms with Crippen LogP contribution in [0.4, 0.5) is 0 Å². The fourth-order valence-electron chi connectivity index (χ4n) is 3.06. The summed E-state index contributed by atoms with van der Waals surface area (Å²) in [4.78, 5) is 14.5. The molecule has 0 saturated carbocycles. The van der Waals surface area contributed by atoms with E-state index in [1.165, 1.54) is 19.3 Å². The van der Waals surface area contributed by atoms with Gasteiger partial charge in [-0.2, -0.15) is 0 Å². The van der Waals surface area contributed by atoms with E-state index in [0.29, 0.717) is 12.3 Å². The Bertz CT molecular complexity index is 652. The second kappa shape index (κ2) is 9.06. The number of benzene rings is 1. The predicted octanol–water partition coefficient (Wildman–Crippen LogP) is 3.76. The van der Waals surface area contributed by atoms with Crippen molar-refractivity contribution in [1.29, 1.82) is 0 Å². The third-order valence-corrected chi connectivity index (χ3v) is 4.91. The van der Waals surface area contributed by atoms with Crippen molar-refractivity contribution in [1.82, 2.24) is 10.2 Å². The molecule has 0 bridgehead atoms. The van der Waals surface area contributed by atoms with Crippen LogP contribution in [0.25, 0.3) is 0 Å². The van der Waals surface area contributed by atoms with Crippen LogP contribution < -0.4 is 10.1 Å². The largest absolute Gasteiger partial charge is 0.484 e. The van der Waals surface area contributed by atoms with Crippen molar-refractivity contribution < 1.29 is 13.9 Å². The molecular formula is C19H23BrN2O3. The molecule has 1 aliphatic rings. The fourth-order valence-corrected chi connectivity index (χ4v) is 3.33. The Morgan fingerprint density at radius 2 is 1.96 bits per heavy atom. The van der Waals surface area contributed by atoms with E-state index in [0.717, 1.165) is 23.3 Å². The van der Waals surface area contributed by atoms with E-state index in [4.69, 9.17) is 9.15 Å². The van der Waals surface area contributed by atoms with Gasteiger partial charge >= 0.3 is 0 Å². The molecule has 1 saturated heterocycles. The molecule has 0 radical (unpaired) electrons. The summed E-state index contributed by atoms with van der Waals surface area (Å²) in [5.41, 5.74) is 0. The maximum Gasteiger partial charge on any atom is 0.258 e. The Morgan fingerprint density at radius 1 is 1.20 bits per heavy atom. The zero-order valence-corrected chi connectivity index (χ0v) is 15.7. The van der Waals surface area contributed by atoms with E-state index in [-0.39, 0.29) is 18.6 Å². The topological polar surface area (TPSA) is 54.7 Å². The van der Waals surface area contributed by atoms with Gasteiger partial charge in [0.05, 0.1) is 12.3 Å². The van der Waals surface area contributed by atoms with Crippen LogP contribution in [0.3, 0.4) is 0 Å². The van der Waals surface area contributed by atoms with E-state index in [2.05, 4.69) is 26.1 Å². The molecule has 2 heterocycles. The van der Waals surface area contributed by atoms with Gasteiger partial charge in [-0.25, -0.2) is 0 Å². The molecule has 2 aromatic rings. The van der Waals surface area contributed by atoms with Crippen LogP contribution in [0.1, 0.15) is 31.1 Å². The van der Waals surface area contributed by atoms with Gasteiger partial charge in [0, 0.05) is 11.0 Å². The van der Waals surface area contributed by atoms with E-state index in [9.17, 15) is 4.79 Å². The quantitative estimate of drug-likeness (QED) is 0.760. The Morgan fingerprint density at radius 3 is 2.64 bits per heavy atom. The van der Waals surface area contributed by atoms with Gasteiger partial charge in [-0.1, -0.05) is 22.4 Å². The summed E-state index contributed by atoms with van der Waals surface area (Å²) in [6.45, 7) is 2.61. The highest BCUT2D eigenvalue weighted by molar-refractivity contribution is 9.10. The van der Waals surface area contributed by atoms with Crippen molar-refractivity contribution in [3.05, 3.63) is 52.9 Å². The van der Waals surface area contributed by atoms with Gasteiger partial charge in [-0.15, -0.1) is 0 Å². The van der Waals surface area contributed by atoms with Crippen molar-refractivity contribution in [2.24, 2.45) is 0 Å². The lowest BCUT2D eigenvalue weighted by Crippen LogP contribution is -2.41. The van der Waals surface area contributed by atoms with Gasteiger partial charge < -0.3 is 14.5 Å². The van der Waals surface area contributed by atoms with Crippen molar-refractivity contribution in [3.63, 3.8) is 0 Å². The second-order valence-electron chi connectivity index (χ2n) is 6.17. The monoisotopic (exact) mass is 406 g/mol. The number of piperidine rings is 1. The van der Waals surface area contributed by atoms with E-state index in [1.807, 2.05) is 36.4 Å². The summed E-state index contributed by atoms with van der Waals surface area (Å²) in [5, 5.41) is 2.98. The fraction of sp³-hybridized carbons (Fsp3) is 0.421. The molecule has 6 heteroatoms. The summed E-state index contributed by atoms with van der Waals surface area (Å²) >= 11 is 3.37. The molecule has 1 aromatic carbocycles. The molecule has 0 spiro atoms. The molecule has 1 aliphatic heterocycles. The van der Waals surface area contributed by atoms with Crippen molar-refractivity contribution >= 4 is 21.8 Å². The van der Waals surface area contributed by atoms with Crippen LogP contribution in [-0.2, 0) is 4.79 Å². The minimum atomic E-state index is -0.128. The zero-order chi connectivity index (χ0) is 17.5. The number of ether oxygens (including phenoxy) is 1. The third-order valence-electron chi connectivity index (χ3n) is 4.38. The Hall–Kier alpha value is -1.79. The Balaban J connectivity index is 1.51. The van der Waals surface area contributed by atoms with Crippen molar-refractivity contribution in [3.8, 4) is 5.75 Å². The van der Waals surface area contributed by atoms with E-state index < -0.39 is 0 Å². The van der Waals surface area contributed by atoms with Crippen LogP contribution in [0, 0.1) is 0 Å². The zero-order valence-electron chi connectivity index (χ0n) is 14.1. The van der Waals surface area contributed by atoms with Gasteiger partial charge in [0.25, 0.3) is 5.91 Å². The number of furan rings is 1. The minimum Gasteiger partial charge on any atom is -0.484 e. The first-order valence-corrected chi connectivity index (χ1v) is 9.44. The van der Waals surface area contributed by atoms with Gasteiger partial charge in [0.1, 0.15) is 11.5 Å². The second-order valence-corrected chi connectivity index (χ2v) is 7.09. The van der Waals surface area contributed by atoms with Crippen LogP contribution >= 0.6 is 15.9 Å². The molecular weight excluding hydrogens is 384 g/mol. The number of rotatable bonds is 7. The number of amides is 1. The normalized spacial score (nSPS) is 16.4. The number of nitrogens with zero attached hydrogens (tertiary/aromatic N) is 1. The van der Waals surface area contributed by atoms with Gasteiger partial charge in [-0.05, 0) is 62.3 Å². The summed E-state index contributed by atoms with van der Waals surface area (Å²) in [7, 11) is 0. The van der Waals surface area contributed by atoms with Crippen LogP contribution in [-0.4, -0.2) is 37.0 Å². The number of carbonyl (C=O) groups excluding carboxylic acids is 1. The van der Waals surface area contributed by atoms with Gasteiger partial charge in [0.2, 0.25) is 0 Å². The molecule has 1 unspecified atom stereocenters. The molecule has 1 fully saturated rings. The summed E-state index contributed by atoms with van der Waals surface area (Å²) < 4.78 is 12.1. The molecule has 1 N–H and O–H groups in total. The van der Waals surface area contributed by atoms with E-state index in [1.54, 1.807) is 6.26 Å². The maximum atomic E-state index is 12.1. The molecule has 1 amide bonds. The van der Waals surface area contributed by atoms with Crippen molar-refractivity contribution in [2.75, 3.05) is 26.2 Å². The average molecular weight is 407 g/mol. The summed E-state index contributed by atoms with van der Waals surface area (Å²) in [6, 6.07) is 11.4. The highest BCUT2D eigenvalue weighted by Crippen LogP contribution is 2.24. The van der Waals surface area contributed by atoms with Crippen LogP contribution in [0.15, 0.2) is 51.6 Å². The number of likely N-dealkylation sites (tertiary alicyclic amines) is 1. The first-order valence-electron chi connectivity index (χ1n) is 8.65. The molecule has 5 nitrogen and oxygen atoms in total. The third kappa shape index (κ3) is 5.34. The number of carbonyl (C=O) groups is 1. The number of nitrogens with one attached hydrogen (secondary N) is 1. The number of hydrogen-bond acceptors (Lipinski definition) is 4. The SMILES string of the molecule is O=C(COc1ccc(Br)cc1)NCC(c1ccco1)N1CCCCC1. The Labute approximate surface area is 156 Å². The van der Waals surface area contributed by atoms with Crippen molar-refractivity contribution in [2.45, 2.75) is 25.3 Å². The number of halogens is 1. The molecule has 25 heavy (non-hydrogen) atoms. The molecule has 1 atom stereocenters.